The largest absolute Gasteiger partial charge is 0.464 e. The van der Waals surface area contributed by atoms with Gasteiger partial charge in [0.05, 0.1) is 6.04 Å². The molecular weight excluding hydrogens is 290 g/mol. The third-order valence-corrected chi connectivity index (χ3v) is 4.61. The lowest BCUT2D eigenvalue weighted by molar-refractivity contribution is -0.145. The molecule has 1 saturated heterocycles. The van der Waals surface area contributed by atoms with Gasteiger partial charge >= 0.3 is 0 Å². The van der Waals surface area contributed by atoms with Crippen molar-refractivity contribution in [2.75, 3.05) is 13.2 Å². The highest BCUT2D eigenvalue weighted by Gasteiger charge is 2.31. The first-order valence-corrected chi connectivity index (χ1v) is 9.18. The topological polar surface area (TPSA) is 42.7 Å². The SMILES string of the molecule is CCCCOC(C)C(=O)N1CCCCCC1c1ccc(CC)o1. The minimum atomic E-state index is -0.372. The number of hydrogen-bond donors (Lipinski definition) is 0. The third kappa shape index (κ3) is 4.84. The van der Waals surface area contributed by atoms with E-state index >= 15 is 0 Å². The summed E-state index contributed by atoms with van der Waals surface area (Å²) in [7, 11) is 0. The first-order valence-electron chi connectivity index (χ1n) is 9.18. The zero-order valence-corrected chi connectivity index (χ0v) is 14.8. The second kappa shape index (κ2) is 9.11. The number of carbonyl (C=O) groups excluding carboxylic acids is 1. The summed E-state index contributed by atoms with van der Waals surface area (Å²) in [6.45, 7) is 7.54. The fourth-order valence-corrected chi connectivity index (χ4v) is 3.14. The van der Waals surface area contributed by atoms with Crippen LogP contribution < -0.4 is 0 Å². The van der Waals surface area contributed by atoms with Gasteiger partial charge in [-0.05, 0) is 38.3 Å². The first-order chi connectivity index (χ1) is 11.2. The van der Waals surface area contributed by atoms with Crippen molar-refractivity contribution in [2.45, 2.75) is 77.9 Å². The number of amides is 1. The van der Waals surface area contributed by atoms with E-state index in [1.165, 1.54) is 6.42 Å². The van der Waals surface area contributed by atoms with Crippen molar-refractivity contribution in [2.24, 2.45) is 0 Å². The molecule has 1 fully saturated rings. The molecule has 1 aliphatic rings. The Morgan fingerprint density at radius 2 is 2.17 bits per heavy atom. The van der Waals surface area contributed by atoms with Gasteiger partial charge in [-0.15, -0.1) is 0 Å². The highest BCUT2D eigenvalue weighted by Crippen LogP contribution is 2.32. The molecular formula is C19H31NO3. The van der Waals surface area contributed by atoms with Crippen LogP contribution in [0.2, 0.25) is 0 Å². The lowest BCUT2D eigenvalue weighted by atomic mass is 10.1. The van der Waals surface area contributed by atoms with Crippen LogP contribution in [0.5, 0.6) is 0 Å². The van der Waals surface area contributed by atoms with Crippen LogP contribution in [0.1, 0.15) is 76.9 Å². The van der Waals surface area contributed by atoms with E-state index in [1.807, 2.05) is 24.0 Å². The molecule has 2 atom stereocenters. The highest BCUT2D eigenvalue weighted by molar-refractivity contribution is 5.81. The summed E-state index contributed by atoms with van der Waals surface area (Å²) in [6, 6.07) is 4.13. The van der Waals surface area contributed by atoms with E-state index in [0.717, 1.165) is 56.6 Å². The molecule has 1 aromatic rings. The summed E-state index contributed by atoms with van der Waals surface area (Å²) in [5.41, 5.74) is 0. The maximum Gasteiger partial charge on any atom is 0.252 e. The maximum atomic E-state index is 12.9. The summed E-state index contributed by atoms with van der Waals surface area (Å²) in [4.78, 5) is 14.9. The molecule has 0 radical (unpaired) electrons. The normalized spacial score (nSPS) is 20.3. The van der Waals surface area contributed by atoms with Crippen LogP contribution >= 0.6 is 0 Å². The van der Waals surface area contributed by atoms with E-state index in [4.69, 9.17) is 9.15 Å². The van der Waals surface area contributed by atoms with Gasteiger partial charge in [-0.2, -0.15) is 0 Å². The molecule has 0 spiro atoms. The Morgan fingerprint density at radius 3 is 2.87 bits per heavy atom. The summed E-state index contributed by atoms with van der Waals surface area (Å²) in [6.07, 6.45) is 6.95. The van der Waals surface area contributed by atoms with Gasteiger partial charge in [-0.3, -0.25) is 4.79 Å². The molecule has 2 rings (SSSR count). The molecule has 1 aromatic heterocycles. The summed E-state index contributed by atoms with van der Waals surface area (Å²) < 4.78 is 11.7. The Hall–Kier alpha value is -1.29. The van der Waals surface area contributed by atoms with Gasteiger partial charge in [-0.1, -0.05) is 33.1 Å². The smallest absolute Gasteiger partial charge is 0.252 e. The monoisotopic (exact) mass is 321 g/mol. The van der Waals surface area contributed by atoms with Crippen molar-refractivity contribution >= 4 is 5.91 Å². The Bertz CT molecular complexity index is 483. The second-order valence-electron chi connectivity index (χ2n) is 6.42. The van der Waals surface area contributed by atoms with E-state index in [1.54, 1.807) is 0 Å². The number of aryl methyl sites for hydroxylation is 1. The van der Waals surface area contributed by atoms with Crippen molar-refractivity contribution in [1.29, 1.82) is 0 Å². The van der Waals surface area contributed by atoms with Gasteiger partial charge in [0.25, 0.3) is 5.91 Å². The fraction of sp³-hybridized carbons (Fsp3) is 0.737. The lowest BCUT2D eigenvalue weighted by Gasteiger charge is -2.31. The number of furan rings is 1. The minimum absolute atomic E-state index is 0.0579. The second-order valence-corrected chi connectivity index (χ2v) is 6.42. The fourth-order valence-electron chi connectivity index (χ4n) is 3.14. The quantitative estimate of drug-likeness (QED) is 0.695. The van der Waals surface area contributed by atoms with Crippen LogP contribution in [0.4, 0.5) is 0 Å². The predicted octanol–water partition coefficient (Wildman–Crippen LogP) is 4.49. The zero-order chi connectivity index (χ0) is 16.7. The van der Waals surface area contributed by atoms with Gasteiger partial charge in [0.1, 0.15) is 17.6 Å². The van der Waals surface area contributed by atoms with Gasteiger partial charge in [0.15, 0.2) is 0 Å². The van der Waals surface area contributed by atoms with Gasteiger partial charge in [0, 0.05) is 19.6 Å². The maximum absolute atomic E-state index is 12.9. The Morgan fingerprint density at radius 1 is 1.35 bits per heavy atom. The molecule has 4 nitrogen and oxygen atoms in total. The van der Waals surface area contributed by atoms with Crippen molar-refractivity contribution in [3.05, 3.63) is 23.7 Å². The average molecular weight is 321 g/mol. The van der Waals surface area contributed by atoms with Crippen molar-refractivity contribution in [3.63, 3.8) is 0 Å². The van der Waals surface area contributed by atoms with Crippen LogP contribution in [-0.4, -0.2) is 30.1 Å². The molecule has 2 unspecified atom stereocenters. The molecule has 0 aliphatic carbocycles. The third-order valence-electron chi connectivity index (χ3n) is 4.61. The average Bonchev–Trinajstić information content (AvgIpc) is 2.91. The summed E-state index contributed by atoms with van der Waals surface area (Å²) >= 11 is 0. The van der Waals surface area contributed by atoms with E-state index in [9.17, 15) is 4.79 Å². The molecule has 0 saturated carbocycles. The van der Waals surface area contributed by atoms with Crippen LogP contribution in [0.15, 0.2) is 16.5 Å². The molecule has 0 aromatic carbocycles. The molecule has 1 aliphatic heterocycles. The number of unbranched alkanes of at least 4 members (excludes halogenated alkanes) is 1. The molecule has 2 heterocycles. The van der Waals surface area contributed by atoms with Crippen molar-refractivity contribution in [1.82, 2.24) is 4.90 Å². The first kappa shape index (κ1) is 18.1. The number of hydrogen-bond acceptors (Lipinski definition) is 3. The molecule has 0 N–H and O–H groups in total. The molecule has 1 amide bonds. The van der Waals surface area contributed by atoms with Gasteiger partial charge in [0.2, 0.25) is 0 Å². The lowest BCUT2D eigenvalue weighted by Crippen LogP contribution is -2.41. The molecule has 23 heavy (non-hydrogen) atoms. The van der Waals surface area contributed by atoms with Gasteiger partial charge in [-0.25, -0.2) is 0 Å². The Balaban J connectivity index is 2.09. The Labute approximate surface area is 140 Å². The number of nitrogens with zero attached hydrogens (tertiary/aromatic N) is 1. The highest BCUT2D eigenvalue weighted by atomic mass is 16.5. The van der Waals surface area contributed by atoms with E-state index in [2.05, 4.69) is 13.8 Å². The number of ether oxygens (including phenoxy) is 1. The number of rotatable bonds is 7. The van der Waals surface area contributed by atoms with Crippen LogP contribution in [0.3, 0.4) is 0 Å². The van der Waals surface area contributed by atoms with Crippen molar-refractivity contribution in [3.8, 4) is 0 Å². The zero-order valence-electron chi connectivity index (χ0n) is 14.8. The summed E-state index contributed by atoms with van der Waals surface area (Å²) in [5.74, 6) is 2.02. The Kier molecular flexibility index (Phi) is 7.15. The van der Waals surface area contributed by atoms with Gasteiger partial charge < -0.3 is 14.1 Å². The number of likely N-dealkylation sites (tertiary alicyclic amines) is 1. The van der Waals surface area contributed by atoms with Crippen molar-refractivity contribution < 1.29 is 13.9 Å². The minimum Gasteiger partial charge on any atom is -0.464 e. The standard InChI is InChI=1S/C19H31NO3/c1-4-6-14-22-15(3)19(21)20-13-9-7-8-10-17(20)18-12-11-16(5-2)23-18/h11-12,15,17H,4-10,13-14H2,1-3H3. The van der Waals surface area contributed by atoms with E-state index < -0.39 is 0 Å². The summed E-state index contributed by atoms with van der Waals surface area (Å²) in [5, 5.41) is 0. The van der Waals surface area contributed by atoms with Crippen LogP contribution in [0.25, 0.3) is 0 Å². The molecule has 0 bridgehead atoms. The van der Waals surface area contributed by atoms with Crippen LogP contribution in [0, 0.1) is 0 Å². The van der Waals surface area contributed by atoms with E-state index in [0.29, 0.717) is 6.61 Å². The molecule has 4 heteroatoms. The molecule has 130 valence electrons. The predicted molar refractivity (Wildman–Crippen MR) is 91.3 cm³/mol. The van der Waals surface area contributed by atoms with E-state index in [-0.39, 0.29) is 18.1 Å². The number of carbonyl (C=O) groups is 1. The van der Waals surface area contributed by atoms with Crippen LogP contribution in [-0.2, 0) is 16.0 Å².